The number of methoxy groups -OCH3 is 1. The molecule has 0 radical (unpaired) electrons. The summed E-state index contributed by atoms with van der Waals surface area (Å²) in [5.41, 5.74) is -1.11. The number of carbonyl (C=O) groups excluding carboxylic acids is 1. The number of aromatic nitrogens is 2. The molecule has 1 aliphatic rings. The van der Waals surface area contributed by atoms with Gasteiger partial charge in [-0.3, -0.25) is 13.9 Å². The van der Waals surface area contributed by atoms with Gasteiger partial charge in [0, 0.05) is 31.1 Å². The fourth-order valence-electron chi connectivity index (χ4n) is 3.73. The van der Waals surface area contributed by atoms with Gasteiger partial charge >= 0.3 is 18.0 Å². The van der Waals surface area contributed by atoms with Gasteiger partial charge < -0.3 is 15.0 Å². The van der Waals surface area contributed by atoms with Gasteiger partial charge in [0.1, 0.15) is 4.83 Å². The lowest BCUT2D eigenvalue weighted by Gasteiger charge is -2.20. The van der Waals surface area contributed by atoms with Gasteiger partial charge in [-0.1, -0.05) is 20.8 Å². The van der Waals surface area contributed by atoms with Crippen molar-refractivity contribution < 1.29 is 22.7 Å². The summed E-state index contributed by atoms with van der Waals surface area (Å²) in [4.78, 5) is 44.6. The largest absolute Gasteiger partial charge is 0.451 e. The third-order valence-corrected chi connectivity index (χ3v) is 6.61. The van der Waals surface area contributed by atoms with Crippen LogP contribution in [0, 0.1) is 12.3 Å². The highest BCUT2D eigenvalue weighted by Gasteiger charge is 2.30. The number of carbonyl (C=O) groups is 1. The fourth-order valence-corrected chi connectivity index (χ4v) is 5.06. The number of hydrogen-bond acceptors (Lipinski definition) is 5. The predicted octanol–water partition coefficient (Wildman–Crippen LogP) is 3.06. The first-order valence-electron chi connectivity index (χ1n) is 10.7. The molecule has 0 saturated carbocycles. The Balaban J connectivity index is 2.14. The van der Waals surface area contributed by atoms with Crippen molar-refractivity contribution in [3.8, 4) is 0 Å². The van der Waals surface area contributed by atoms with Gasteiger partial charge in [0.05, 0.1) is 25.5 Å². The van der Waals surface area contributed by atoms with Crippen LogP contribution < -0.4 is 16.6 Å². The van der Waals surface area contributed by atoms with Crippen LogP contribution >= 0.6 is 11.3 Å². The van der Waals surface area contributed by atoms with E-state index < -0.39 is 41.9 Å². The molecule has 13 heteroatoms. The number of fused-ring (bicyclic) bond motifs is 1. The summed E-state index contributed by atoms with van der Waals surface area (Å²) in [7, 11) is 1.21. The van der Waals surface area contributed by atoms with Gasteiger partial charge in [0.25, 0.3) is 5.56 Å². The minimum absolute atomic E-state index is 0.0726. The molecule has 34 heavy (non-hydrogen) atoms. The number of halogens is 3. The molecule has 1 N–H and O–H groups in total. The van der Waals surface area contributed by atoms with Crippen LogP contribution in [0.5, 0.6) is 0 Å². The van der Waals surface area contributed by atoms with Crippen LogP contribution in [0.3, 0.4) is 0 Å². The quantitative estimate of drug-likeness (QED) is 0.674. The standard InChI is InChI=1S/C21H28F3N5O4S/c1-12-13(10-27-9-7-25-17(27)26-18(31)33-5)34-16-14(12)15(30)29(11-20(2,3)4)19(32)28(16)8-6-21(22,23)24/h6-11H2,1-5H3,(H,25,26,31). The highest BCUT2D eigenvalue weighted by Crippen LogP contribution is 2.31. The molecule has 1 aliphatic heterocycles. The predicted molar refractivity (Wildman–Crippen MR) is 123 cm³/mol. The number of rotatable bonds is 5. The highest BCUT2D eigenvalue weighted by molar-refractivity contribution is 7.18. The Morgan fingerprint density at radius 3 is 2.47 bits per heavy atom. The molecule has 0 unspecified atom stereocenters. The van der Waals surface area contributed by atoms with Crippen molar-refractivity contribution in [2.45, 2.75) is 59.9 Å². The number of hydrogen-bond donors (Lipinski definition) is 1. The second-order valence-electron chi connectivity index (χ2n) is 9.34. The Hall–Kier alpha value is -2.83. The van der Waals surface area contributed by atoms with E-state index in [0.717, 1.165) is 20.5 Å². The SMILES string of the molecule is COC(=O)N=C1NCCN1Cc1sc2c(c1C)c(=O)n(CC(C)(C)C)c(=O)n2CCC(F)(F)F. The van der Waals surface area contributed by atoms with E-state index in [0.29, 0.717) is 29.5 Å². The number of aryl methyl sites for hydroxylation is 2. The van der Waals surface area contributed by atoms with Crippen molar-refractivity contribution in [3.63, 3.8) is 0 Å². The zero-order chi connectivity index (χ0) is 25.4. The van der Waals surface area contributed by atoms with Gasteiger partial charge in [-0.05, 0) is 17.9 Å². The van der Waals surface area contributed by atoms with Gasteiger partial charge in [-0.2, -0.15) is 13.2 Å². The summed E-state index contributed by atoms with van der Waals surface area (Å²) in [5.74, 6) is 0.309. The number of aliphatic imine (C=N–C) groups is 1. The monoisotopic (exact) mass is 503 g/mol. The number of nitrogens with zero attached hydrogens (tertiary/aromatic N) is 4. The molecule has 2 aromatic rings. The van der Waals surface area contributed by atoms with E-state index in [9.17, 15) is 27.6 Å². The van der Waals surface area contributed by atoms with Crippen LogP contribution in [-0.2, 0) is 24.4 Å². The molecule has 0 bridgehead atoms. The molecule has 0 aliphatic carbocycles. The third-order valence-electron chi connectivity index (χ3n) is 5.31. The first-order valence-corrected chi connectivity index (χ1v) is 11.5. The van der Waals surface area contributed by atoms with Crippen LogP contribution in [0.1, 0.15) is 37.6 Å². The van der Waals surface area contributed by atoms with Gasteiger partial charge in [0.2, 0.25) is 5.96 Å². The lowest BCUT2D eigenvalue weighted by Crippen LogP contribution is -2.42. The fraction of sp³-hybridized carbons (Fsp3) is 0.619. The summed E-state index contributed by atoms with van der Waals surface area (Å²) < 4.78 is 45.7. The number of ether oxygens (including phenoxy) is 1. The highest BCUT2D eigenvalue weighted by atomic mass is 32.1. The summed E-state index contributed by atoms with van der Waals surface area (Å²) in [6.07, 6.45) is -6.41. The lowest BCUT2D eigenvalue weighted by atomic mass is 9.97. The van der Waals surface area contributed by atoms with E-state index in [1.807, 2.05) is 20.8 Å². The Kier molecular flexibility index (Phi) is 7.15. The summed E-state index contributed by atoms with van der Waals surface area (Å²) in [6, 6.07) is 0. The number of nitrogens with one attached hydrogen (secondary N) is 1. The lowest BCUT2D eigenvalue weighted by molar-refractivity contribution is -0.136. The van der Waals surface area contributed by atoms with Gasteiger partial charge in [-0.15, -0.1) is 16.3 Å². The molecule has 0 aromatic carbocycles. The van der Waals surface area contributed by atoms with E-state index >= 15 is 0 Å². The molecule has 2 aromatic heterocycles. The smallest absolute Gasteiger partial charge is 0.436 e. The molecule has 1 saturated heterocycles. The molecule has 1 amide bonds. The molecule has 0 atom stereocenters. The zero-order valence-corrected chi connectivity index (χ0v) is 20.5. The second kappa shape index (κ2) is 9.43. The minimum atomic E-state index is -4.45. The molecule has 1 fully saturated rings. The molecule has 3 rings (SSSR count). The number of thiophene rings is 1. The summed E-state index contributed by atoms with van der Waals surface area (Å²) in [6.45, 7) is 8.07. The summed E-state index contributed by atoms with van der Waals surface area (Å²) >= 11 is 1.11. The van der Waals surface area contributed by atoms with Crippen LogP contribution in [0.25, 0.3) is 10.2 Å². The average Bonchev–Trinajstić information content (AvgIpc) is 3.28. The normalized spacial score (nSPS) is 15.9. The van der Waals surface area contributed by atoms with Crippen molar-refractivity contribution in [3.05, 3.63) is 31.3 Å². The maximum absolute atomic E-state index is 13.3. The first-order chi connectivity index (χ1) is 15.7. The Morgan fingerprint density at radius 1 is 1.21 bits per heavy atom. The average molecular weight is 504 g/mol. The van der Waals surface area contributed by atoms with Crippen molar-refractivity contribution in [2.24, 2.45) is 10.4 Å². The molecule has 9 nitrogen and oxygen atoms in total. The molecule has 188 valence electrons. The second-order valence-corrected chi connectivity index (χ2v) is 10.4. The first kappa shape index (κ1) is 25.8. The van der Waals surface area contributed by atoms with Crippen molar-refractivity contribution >= 4 is 33.6 Å². The molecule has 3 heterocycles. The van der Waals surface area contributed by atoms with Gasteiger partial charge in [-0.25, -0.2) is 9.59 Å². The van der Waals surface area contributed by atoms with Gasteiger partial charge in [0.15, 0.2) is 0 Å². The Labute approximate surface area is 197 Å². The van der Waals surface area contributed by atoms with Crippen molar-refractivity contribution in [1.29, 1.82) is 0 Å². The molecular weight excluding hydrogens is 475 g/mol. The van der Waals surface area contributed by atoms with Crippen LogP contribution in [0.2, 0.25) is 0 Å². The van der Waals surface area contributed by atoms with Crippen molar-refractivity contribution in [1.82, 2.24) is 19.4 Å². The van der Waals surface area contributed by atoms with E-state index in [1.165, 1.54) is 7.11 Å². The number of alkyl halides is 3. The maximum Gasteiger partial charge on any atom is 0.436 e. The van der Waals surface area contributed by atoms with Crippen LogP contribution in [0.4, 0.5) is 18.0 Å². The Bertz CT molecular complexity index is 1240. The molecule has 0 spiro atoms. The maximum atomic E-state index is 13.3. The van der Waals surface area contributed by atoms with Crippen LogP contribution in [-0.4, -0.2) is 52.5 Å². The number of guanidine groups is 1. The zero-order valence-electron chi connectivity index (χ0n) is 19.7. The van der Waals surface area contributed by atoms with E-state index in [2.05, 4.69) is 15.0 Å². The topological polar surface area (TPSA) is 97.9 Å². The third kappa shape index (κ3) is 5.62. The molecular formula is C21H28F3N5O4S. The van der Waals surface area contributed by atoms with E-state index in [1.54, 1.807) is 11.8 Å². The van der Waals surface area contributed by atoms with Crippen LogP contribution in [0.15, 0.2) is 14.6 Å². The Morgan fingerprint density at radius 2 is 1.88 bits per heavy atom. The summed E-state index contributed by atoms with van der Waals surface area (Å²) in [5, 5.41) is 3.22. The van der Waals surface area contributed by atoms with E-state index in [-0.39, 0.29) is 23.3 Å². The van der Waals surface area contributed by atoms with E-state index in [4.69, 9.17) is 0 Å². The number of amides is 1. The minimum Gasteiger partial charge on any atom is -0.451 e. The van der Waals surface area contributed by atoms with Crippen molar-refractivity contribution in [2.75, 3.05) is 20.2 Å².